The molecule has 1 aliphatic carbocycles. The van der Waals surface area contributed by atoms with Crippen LogP contribution in [0.15, 0.2) is 72.3 Å². The number of hydrogen-bond donors (Lipinski definition) is 0. The van der Waals surface area contributed by atoms with Crippen LogP contribution >= 0.6 is 30.5 Å². The molecule has 0 amide bonds. The molecule has 0 radical (unpaired) electrons. The Balaban J connectivity index is 1.79. The van der Waals surface area contributed by atoms with Gasteiger partial charge in [0.05, 0.1) is 10.1 Å². The summed E-state index contributed by atoms with van der Waals surface area (Å²) >= 11 is 13.4. The molecule has 1 saturated carbocycles. The molecule has 0 N–H and O–H groups in total. The molecule has 2 saturated heterocycles. The van der Waals surface area contributed by atoms with Crippen molar-refractivity contribution in [1.29, 1.82) is 0 Å². The zero-order valence-corrected chi connectivity index (χ0v) is 20.1. The highest BCUT2D eigenvalue weighted by molar-refractivity contribution is 7.68. The molecule has 2 nitrogen and oxygen atoms in total. The van der Waals surface area contributed by atoms with Crippen LogP contribution in [0.3, 0.4) is 0 Å². The van der Waals surface area contributed by atoms with E-state index in [1.165, 1.54) is 0 Å². The molecule has 5 rings (SSSR count). The van der Waals surface area contributed by atoms with Crippen molar-refractivity contribution in [2.75, 3.05) is 0 Å². The number of hydrogen-bond acceptors (Lipinski definition) is 1. The molecule has 158 valence electrons. The van der Waals surface area contributed by atoms with Gasteiger partial charge in [-0.15, -0.1) is 0 Å². The Bertz CT molecular complexity index is 972. The third-order valence-electron chi connectivity index (χ3n) is 6.25. The molecule has 2 bridgehead atoms. The number of fused-ring (bicyclic) bond motifs is 2. The predicted molar refractivity (Wildman–Crippen MR) is 130 cm³/mol. The number of halogens is 2. The average molecular weight is 460 g/mol. The maximum atomic E-state index is 14.6. The van der Waals surface area contributed by atoms with Crippen molar-refractivity contribution in [3.8, 4) is 0 Å². The van der Waals surface area contributed by atoms with E-state index >= 15 is 0 Å². The van der Waals surface area contributed by atoms with Crippen LogP contribution in [0.25, 0.3) is 10.1 Å². The van der Waals surface area contributed by atoms with Crippen LogP contribution in [-0.4, -0.2) is 16.3 Å². The van der Waals surface area contributed by atoms with Crippen molar-refractivity contribution in [1.82, 2.24) is 4.67 Å². The summed E-state index contributed by atoms with van der Waals surface area (Å²) in [6, 6.07) is 19.7. The molecule has 3 fully saturated rings. The highest BCUT2D eigenvalue weighted by Gasteiger charge is 2.60. The van der Waals surface area contributed by atoms with Gasteiger partial charge in [0, 0.05) is 23.2 Å². The molecule has 0 aromatic heterocycles. The van der Waals surface area contributed by atoms with Crippen LogP contribution in [0.1, 0.15) is 51.2 Å². The Kier molecular flexibility index (Phi) is 5.83. The Morgan fingerprint density at radius 1 is 0.900 bits per heavy atom. The van der Waals surface area contributed by atoms with Gasteiger partial charge in [0.2, 0.25) is 0 Å². The van der Waals surface area contributed by atoms with Crippen LogP contribution in [0.2, 0.25) is 0 Å². The zero-order valence-electron chi connectivity index (χ0n) is 17.7. The van der Waals surface area contributed by atoms with E-state index in [1.807, 2.05) is 60.7 Å². The second-order valence-corrected chi connectivity index (χ2v) is 12.7. The molecule has 2 atom stereocenters. The fourth-order valence-corrected chi connectivity index (χ4v) is 9.47. The first-order chi connectivity index (χ1) is 14.1. The summed E-state index contributed by atoms with van der Waals surface area (Å²) in [6.07, 6.45) is 3.10. The normalized spacial score (nSPS) is 28.5. The minimum absolute atomic E-state index is 0.114. The van der Waals surface area contributed by atoms with Crippen molar-refractivity contribution >= 4 is 40.6 Å². The fraction of sp³-hybridized carbons (Fsp3) is 0.360. The molecular formula is C25H28Cl2NOP. The summed E-state index contributed by atoms with van der Waals surface area (Å²) < 4.78 is 16.8. The molecule has 2 unspecified atom stereocenters. The third-order valence-corrected chi connectivity index (χ3v) is 9.95. The van der Waals surface area contributed by atoms with Gasteiger partial charge in [0.1, 0.15) is 0 Å². The number of nitrogens with zero attached hydrogens (tertiary/aromatic N) is 1. The van der Waals surface area contributed by atoms with E-state index in [0.717, 1.165) is 30.4 Å². The van der Waals surface area contributed by atoms with Crippen molar-refractivity contribution in [2.24, 2.45) is 5.41 Å². The first-order valence-corrected chi connectivity index (χ1v) is 12.9. The lowest BCUT2D eigenvalue weighted by atomic mass is 9.61. The van der Waals surface area contributed by atoms with E-state index in [1.54, 1.807) is 11.6 Å². The van der Waals surface area contributed by atoms with Crippen LogP contribution in [0.4, 0.5) is 0 Å². The van der Waals surface area contributed by atoms with Crippen LogP contribution in [-0.2, 0) is 4.57 Å². The average Bonchev–Trinajstić information content (AvgIpc) is 2.67. The SMILES string of the molecule is CC1(C)CC2CC(C)(C1)N2P(=O)(C=C(Cl)c1ccccc1)C=C(Cl)c1ccccc1. The first-order valence-electron chi connectivity index (χ1n) is 10.4. The van der Waals surface area contributed by atoms with E-state index in [9.17, 15) is 4.57 Å². The van der Waals surface area contributed by atoms with Gasteiger partial charge < -0.3 is 0 Å². The Labute approximate surface area is 190 Å². The molecule has 30 heavy (non-hydrogen) atoms. The largest absolute Gasteiger partial charge is 0.297 e. The van der Waals surface area contributed by atoms with E-state index < -0.39 is 7.29 Å². The quantitative estimate of drug-likeness (QED) is 0.418. The van der Waals surface area contributed by atoms with Gasteiger partial charge in [0.25, 0.3) is 0 Å². The second kappa shape index (κ2) is 7.99. The molecular weight excluding hydrogens is 432 g/mol. The van der Waals surface area contributed by atoms with E-state index in [2.05, 4.69) is 25.4 Å². The number of benzene rings is 2. The maximum Gasteiger partial charge on any atom is 0.197 e. The van der Waals surface area contributed by atoms with Gasteiger partial charge in [-0.1, -0.05) is 97.7 Å². The van der Waals surface area contributed by atoms with Gasteiger partial charge in [-0.3, -0.25) is 4.57 Å². The highest BCUT2D eigenvalue weighted by atomic mass is 35.5. The molecule has 5 heteroatoms. The standard InChI is InChI=1S/C25H28Cl2NOP/c1-24(2)14-21-15-25(3,18-24)28(21)30(29,16-22(26)19-10-6-4-7-11-19)17-23(27)20-12-8-5-9-13-20/h4-13,16-17,21H,14-15,18H2,1-3H3. The topological polar surface area (TPSA) is 20.3 Å². The minimum Gasteiger partial charge on any atom is -0.297 e. The molecule has 3 aliphatic rings. The summed E-state index contributed by atoms with van der Waals surface area (Å²) in [7, 11) is -3.12. The van der Waals surface area contributed by atoms with E-state index in [0.29, 0.717) is 10.1 Å². The van der Waals surface area contributed by atoms with E-state index in [-0.39, 0.29) is 17.0 Å². The smallest absolute Gasteiger partial charge is 0.197 e. The molecule has 0 spiro atoms. The molecule has 2 heterocycles. The van der Waals surface area contributed by atoms with E-state index in [4.69, 9.17) is 23.2 Å². The Morgan fingerprint density at radius 2 is 1.37 bits per heavy atom. The highest BCUT2D eigenvalue weighted by Crippen LogP contribution is 2.70. The van der Waals surface area contributed by atoms with Crippen LogP contribution in [0.5, 0.6) is 0 Å². The first kappa shape index (κ1) is 21.9. The van der Waals surface area contributed by atoms with Gasteiger partial charge in [-0.05, 0) is 42.7 Å². The molecule has 2 aliphatic heterocycles. The monoisotopic (exact) mass is 459 g/mol. The lowest BCUT2D eigenvalue weighted by molar-refractivity contribution is -0.0838. The van der Waals surface area contributed by atoms with Crippen molar-refractivity contribution < 1.29 is 4.57 Å². The van der Waals surface area contributed by atoms with Crippen LogP contribution < -0.4 is 0 Å². The summed E-state index contributed by atoms with van der Waals surface area (Å²) in [5.74, 6) is 3.50. The zero-order chi connectivity index (χ0) is 21.6. The second-order valence-electron chi connectivity index (χ2n) is 9.60. The summed E-state index contributed by atoms with van der Waals surface area (Å²) in [5.41, 5.74) is 1.86. The Hall–Kier alpha value is -1.31. The molecule has 2 aromatic rings. The maximum absolute atomic E-state index is 14.6. The van der Waals surface area contributed by atoms with Gasteiger partial charge >= 0.3 is 0 Å². The third kappa shape index (κ3) is 4.21. The fourth-order valence-electron chi connectivity index (χ4n) is 5.53. The Morgan fingerprint density at radius 3 is 1.80 bits per heavy atom. The number of rotatable bonds is 5. The van der Waals surface area contributed by atoms with Crippen molar-refractivity contribution in [3.05, 3.63) is 83.4 Å². The van der Waals surface area contributed by atoms with Gasteiger partial charge in [-0.25, -0.2) is 4.67 Å². The predicted octanol–water partition coefficient (Wildman–Crippen LogP) is 8.39. The lowest BCUT2D eigenvalue weighted by Crippen LogP contribution is -2.68. The van der Waals surface area contributed by atoms with Gasteiger partial charge in [0.15, 0.2) is 7.29 Å². The molecule has 2 aromatic carbocycles. The van der Waals surface area contributed by atoms with Gasteiger partial charge in [-0.2, -0.15) is 0 Å². The van der Waals surface area contributed by atoms with Crippen molar-refractivity contribution in [3.63, 3.8) is 0 Å². The van der Waals surface area contributed by atoms with Crippen LogP contribution in [0, 0.1) is 5.41 Å². The minimum atomic E-state index is -3.12. The summed E-state index contributed by atoms with van der Waals surface area (Å²) in [6.45, 7) is 6.84. The lowest BCUT2D eigenvalue weighted by Gasteiger charge is -2.66. The van der Waals surface area contributed by atoms with Crippen molar-refractivity contribution in [2.45, 2.75) is 51.6 Å². The summed E-state index contributed by atoms with van der Waals surface area (Å²) in [5, 5.41) is 1.00. The summed E-state index contributed by atoms with van der Waals surface area (Å²) in [4.78, 5) is 0. The number of piperidine rings is 1.